The molecule has 4 atom stereocenters. The van der Waals surface area contributed by atoms with Crippen LogP contribution in [-0.4, -0.2) is 53.2 Å². The monoisotopic (exact) mass is 530 g/mol. The van der Waals surface area contributed by atoms with Gasteiger partial charge in [0.15, 0.2) is 0 Å². The van der Waals surface area contributed by atoms with E-state index in [2.05, 4.69) is 45.9 Å². The van der Waals surface area contributed by atoms with Crippen molar-refractivity contribution in [1.29, 1.82) is 0 Å². The molecule has 7 rings (SSSR count). The largest absolute Gasteiger partial charge is 0.444 e. The number of hydrogen-bond donors (Lipinski definition) is 2. The Bertz CT molecular complexity index is 1200. The summed E-state index contributed by atoms with van der Waals surface area (Å²) >= 11 is 0. The Morgan fingerprint density at radius 2 is 1.82 bits per heavy atom. The van der Waals surface area contributed by atoms with Crippen molar-refractivity contribution in [2.24, 2.45) is 17.3 Å². The lowest BCUT2D eigenvalue weighted by atomic mass is 9.64. The van der Waals surface area contributed by atoms with E-state index in [1.165, 1.54) is 37.7 Å². The molecule has 208 valence electrons. The van der Waals surface area contributed by atoms with Crippen LogP contribution >= 0.6 is 0 Å². The Kier molecular flexibility index (Phi) is 6.59. The summed E-state index contributed by atoms with van der Waals surface area (Å²) in [5.74, 6) is 2.36. The lowest BCUT2D eigenvalue weighted by molar-refractivity contribution is 0.0199. The molecule has 1 aromatic heterocycles. The number of rotatable bonds is 6. The molecule has 4 aliphatic carbocycles. The second-order valence-corrected chi connectivity index (χ2v) is 13.6. The van der Waals surface area contributed by atoms with Crippen LogP contribution in [0.4, 0.5) is 10.6 Å². The molecule has 1 aromatic carbocycles. The van der Waals surface area contributed by atoms with Gasteiger partial charge in [0, 0.05) is 31.9 Å². The van der Waals surface area contributed by atoms with E-state index in [9.17, 15) is 9.59 Å². The Hall–Kier alpha value is -3.09. The van der Waals surface area contributed by atoms with E-state index >= 15 is 0 Å². The third-order valence-electron chi connectivity index (χ3n) is 9.70. The normalized spacial score (nSPS) is 29.9. The van der Waals surface area contributed by atoms with Gasteiger partial charge in [-0.1, -0.05) is 30.3 Å². The van der Waals surface area contributed by atoms with Gasteiger partial charge in [-0.2, -0.15) is 0 Å². The molecular formula is C32H42N4O3. The maximum atomic E-state index is 12.9. The van der Waals surface area contributed by atoms with Gasteiger partial charge in [0.2, 0.25) is 0 Å². The molecule has 4 unspecified atom stereocenters. The van der Waals surface area contributed by atoms with Crippen molar-refractivity contribution in [3.8, 4) is 0 Å². The first kappa shape index (κ1) is 26.1. The first-order chi connectivity index (χ1) is 18.6. The molecule has 2 heterocycles. The number of hydrogen-bond acceptors (Lipinski definition) is 5. The minimum atomic E-state index is -0.504. The number of pyridine rings is 1. The minimum absolute atomic E-state index is 0.0399. The van der Waals surface area contributed by atoms with Crippen LogP contribution in [0.25, 0.3) is 0 Å². The van der Waals surface area contributed by atoms with E-state index in [0.29, 0.717) is 42.3 Å². The molecule has 0 radical (unpaired) electrons. The standard InChI is InChI=1S/C32H42N4O3/c1-30(2,3)39-29(38)36-13-11-26(12-14-36)35-28(37)23-9-10-27(33-19-23)34-21-32-17-22-15-25(32)18-31(16-22,20-32)24-7-5-4-6-8-24/h4-10,19,22,25-26H,11-18,20-21H2,1-3H3,(H,33,34)(H,35,37). The van der Waals surface area contributed by atoms with Crippen LogP contribution in [0.15, 0.2) is 48.7 Å². The highest BCUT2D eigenvalue weighted by atomic mass is 16.6. The molecule has 4 bridgehead atoms. The number of anilines is 1. The molecule has 7 heteroatoms. The number of piperidine rings is 1. The van der Waals surface area contributed by atoms with Crippen LogP contribution in [0.5, 0.6) is 0 Å². The van der Waals surface area contributed by atoms with Crippen LogP contribution in [-0.2, 0) is 10.2 Å². The second kappa shape index (κ2) is 9.83. The van der Waals surface area contributed by atoms with Crippen LogP contribution in [0, 0.1) is 17.3 Å². The number of benzene rings is 1. The van der Waals surface area contributed by atoms with E-state index in [1.807, 2.05) is 32.9 Å². The summed E-state index contributed by atoms with van der Waals surface area (Å²) in [7, 11) is 0. The fraction of sp³-hybridized carbons (Fsp3) is 0.594. The highest BCUT2D eigenvalue weighted by molar-refractivity contribution is 5.94. The van der Waals surface area contributed by atoms with Crippen LogP contribution in [0.3, 0.4) is 0 Å². The smallest absolute Gasteiger partial charge is 0.410 e. The lowest BCUT2D eigenvalue weighted by Crippen LogP contribution is -2.47. The quantitative estimate of drug-likeness (QED) is 0.495. The van der Waals surface area contributed by atoms with Gasteiger partial charge in [-0.25, -0.2) is 9.78 Å². The van der Waals surface area contributed by atoms with Crippen LogP contribution in [0.1, 0.15) is 81.6 Å². The van der Waals surface area contributed by atoms with Crippen molar-refractivity contribution >= 4 is 17.8 Å². The number of carbonyl (C=O) groups is 2. The number of carbonyl (C=O) groups excluding carboxylic acids is 2. The fourth-order valence-electron chi connectivity index (χ4n) is 8.18. The van der Waals surface area contributed by atoms with E-state index in [1.54, 1.807) is 11.1 Å². The molecule has 2 aromatic rings. The zero-order valence-corrected chi connectivity index (χ0v) is 23.5. The molecule has 2 amide bonds. The van der Waals surface area contributed by atoms with E-state index in [4.69, 9.17) is 4.74 Å². The number of amides is 2. The van der Waals surface area contributed by atoms with Gasteiger partial charge in [0.1, 0.15) is 11.4 Å². The van der Waals surface area contributed by atoms with Crippen LogP contribution < -0.4 is 10.6 Å². The Morgan fingerprint density at radius 3 is 2.51 bits per heavy atom. The molecule has 1 aliphatic heterocycles. The van der Waals surface area contributed by atoms with E-state index in [-0.39, 0.29) is 18.0 Å². The topological polar surface area (TPSA) is 83.6 Å². The highest BCUT2D eigenvalue weighted by Crippen LogP contribution is 2.70. The first-order valence-corrected chi connectivity index (χ1v) is 14.7. The SMILES string of the molecule is CC(C)(C)OC(=O)N1CCC(NC(=O)c2ccc(NCC34CC5CC3CC(c3ccccc3)(C5)C4)nc2)CC1. The second-order valence-electron chi connectivity index (χ2n) is 13.6. The maximum Gasteiger partial charge on any atom is 0.410 e. The van der Waals surface area contributed by atoms with Gasteiger partial charge in [0.25, 0.3) is 5.91 Å². The zero-order valence-electron chi connectivity index (χ0n) is 23.5. The fourth-order valence-corrected chi connectivity index (χ4v) is 8.18. The van der Waals surface area contributed by atoms with Crippen molar-refractivity contribution in [2.45, 2.75) is 82.8 Å². The molecule has 2 N–H and O–H groups in total. The average Bonchev–Trinajstić information content (AvgIpc) is 3.29. The molecule has 7 nitrogen and oxygen atoms in total. The van der Waals surface area contributed by atoms with Crippen molar-refractivity contribution in [2.75, 3.05) is 25.0 Å². The van der Waals surface area contributed by atoms with E-state index < -0.39 is 5.60 Å². The number of nitrogens with zero attached hydrogens (tertiary/aromatic N) is 2. The summed E-state index contributed by atoms with van der Waals surface area (Å²) < 4.78 is 5.47. The van der Waals surface area contributed by atoms with Gasteiger partial charge >= 0.3 is 6.09 Å². The van der Waals surface area contributed by atoms with Gasteiger partial charge in [-0.05, 0) is 106 Å². The summed E-state index contributed by atoms with van der Waals surface area (Å²) in [5.41, 5.74) is 2.30. The summed E-state index contributed by atoms with van der Waals surface area (Å²) in [4.78, 5) is 31.5. The zero-order chi connectivity index (χ0) is 27.3. The maximum absolute atomic E-state index is 12.9. The molecule has 39 heavy (non-hydrogen) atoms. The summed E-state index contributed by atoms with van der Waals surface area (Å²) in [6.07, 6.45) is 9.45. The van der Waals surface area contributed by atoms with Gasteiger partial charge < -0.3 is 20.3 Å². The predicted molar refractivity (Wildman–Crippen MR) is 152 cm³/mol. The third-order valence-corrected chi connectivity index (χ3v) is 9.70. The van der Waals surface area contributed by atoms with Gasteiger partial charge in [-0.15, -0.1) is 0 Å². The van der Waals surface area contributed by atoms with Crippen molar-refractivity contribution < 1.29 is 14.3 Å². The van der Waals surface area contributed by atoms with E-state index in [0.717, 1.165) is 24.2 Å². The van der Waals surface area contributed by atoms with Gasteiger partial charge in [0.05, 0.1) is 5.56 Å². The Labute approximate surface area is 232 Å². The lowest BCUT2D eigenvalue weighted by Gasteiger charge is -2.41. The summed E-state index contributed by atoms with van der Waals surface area (Å²) in [6.45, 7) is 7.73. The molecule has 4 saturated carbocycles. The molecule has 0 spiro atoms. The van der Waals surface area contributed by atoms with Crippen LogP contribution in [0.2, 0.25) is 0 Å². The number of aromatic nitrogens is 1. The minimum Gasteiger partial charge on any atom is -0.444 e. The first-order valence-electron chi connectivity index (χ1n) is 14.7. The van der Waals surface area contributed by atoms with Crippen molar-refractivity contribution in [3.05, 3.63) is 59.8 Å². The average molecular weight is 531 g/mol. The van der Waals surface area contributed by atoms with Crippen molar-refractivity contribution in [3.63, 3.8) is 0 Å². The van der Waals surface area contributed by atoms with Gasteiger partial charge in [-0.3, -0.25) is 4.79 Å². The third kappa shape index (κ3) is 5.24. The molecule has 5 aliphatic rings. The highest BCUT2D eigenvalue weighted by Gasteiger charge is 2.63. The number of likely N-dealkylation sites (tertiary alicyclic amines) is 1. The number of ether oxygens (including phenoxy) is 1. The summed E-state index contributed by atoms with van der Waals surface area (Å²) in [5, 5.41) is 6.77. The Balaban J connectivity index is 1.01. The summed E-state index contributed by atoms with van der Waals surface area (Å²) in [6, 6.07) is 15.0. The Morgan fingerprint density at radius 1 is 1.05 bits per heavy atom. The molecular weight excluding hydrogens is 488 g/mol. The predicted octanol–water partition coefficient (Wildman–Crippen LogP) is 5.77. The van der Waals surface area contributed by atoms with Crippen molar-refractivity contribution in [1.82, 2.24) is 15.2 Å². The molecule has 5 fully saturated rings. The molecule has 1 saturated heterocycles. The number of nitrogens with one attached hydrogen (secondary N) is 2.